The Morgan fingerprint density at radius 2 is 1.77 bits per heavy atom. The lowest BCUT2D eigenvalue weighted by molar-refractivity contribution is -0.117. The van der Waals surface area contributed by atoms with Crippen LogP contribution in [-0.4, -0.2) is 20.1 Å². The van der Waals surface area contributed by atoms with Gasteiger partial charge >= 0.3 is 0 Å². The monoisotopic (exact) mass is 390 g/mol. The van der Waals surface area contributed by atoms with E-state index in [1.165, 1.54) is 13.2 Å². The maximum Gasteiger partial charge on any atom is 0.262 e. The molecule has 1 N–H and O–H groups in total. The number of nitrogens with zero attached hydrogens (tertiary/aromatic N) is 1. The minimum atomic E-state index is -0.494. The van der Waals surface area contributed by atoms with E-state index < -0.39 is 5.91 Å². The molecule has 0 aliphatic carbocycles. The first-order valence-electron chi connectivity index (χ1n) is 7.54. The van der Waals surface area contributed by atoms with E-state index in [4.69, 9.17) is 32.7 Å². The largest absolute Gasteiger partial charge is 0.497 e. The number of hydrogen-bond donors (Lipinski definition) is 1. The molecule has 0 heterocycles. The van der Waals surface area contributed by atoms with Crippen LogP contribution < -0.4 is 14.8 Å². The van der Waals surface area contributed by atoms with E-state index >= 15 is 0 Å². The molecule has 0 spiro atoms. The number of ether oxygens (including phenoxy) is 2. The highest BCUT2D eigenvalue weighted by Gasteiger charge is 2.12. The second-order valence-corrected chi connectivity index (χ2v) is 6.03. The number of carbonyl (C=O) groups is 1. The zero-order valence-electron chi connectivity index (χ0n) is 14.2. The molecule has 134 valence electrons. The molecular weight excluding hydrogens is 375 g/mol. The molecule has 0 bridgehead atoms. The molecule has 2 aromatic carbocycles. The maximum atomic E-state index is 12.3. The number of nitriles is 1. The van der Waals surface area contributed by atoms with Crippen LogP contribution in [0, 0.1) is 11.3 Å². The van der Waals surface area contributed by atoms with E-state index in [0.29, 0.717) is 21.4 Å². The van der Waals surface area contributed by atoms with Crippen molar-refractivity contribution in [2.24, 2.45) is 0 Å². The van der Waals surface area contributed by atoms with Gasteiger partial charge in [0.15, 0.2) is 5.75 Å². The van der Waals surface area contributed by atoms with Crippen molar-refractivity contribution < 1.29 is 14.3 Å². The average molecular weight is 391 g/mol. The fraction of sp³-hybridized carbons (Fsp3) is 0.158. The van der Waals surface area contributed by atoms with Crippen LogP contribution in [0.1, 0.15) is 11.1 Å². The van der Waals surface area contributed by atoms with E-state index in [0.717, 1.165) is 11.3 Å². The van der Waals surface area contributed by atoms with Crippen molar-refractivity contribution >= 4 is 35.2 Å². The predicted molar refractivity (Wildman–Crippen MR) is 101 cm³/mol. The fourth-order valence-electron chi connectivity index (χ4n) is 2.19. The van der Waals surface area contributed by atoms with E-state index in [-0.39, 0.29) is 12.1 Å². The van der Waals surface area contributed by atoms with Crippen LogP contribution >= 0.6 is 23.2 Å². The number of hydrogen-bond acceptors (Lipinski definition) is 4. The quantitative estimate of drug-likeness (QED) is 0.591. The zero-order valence-corrected chi connectivity index (χ0v) is 15.7. The summed E-state index contributed by atoms with van der Waals surface area (Å²) in [5, 5.41) is 12.6. The summed E-state index contributed by atoms with van der Waals surface area (Å²) >= 11 is 12.1. The van der Waals surface area contributed by atoms with E-state index in [1.807, 2.05) is 18.2 Å². The highest BCUT2D eigenvalue weighted by atomic mass is 35.5. The Balaban J connectivity index is 2.12. The van der Waals surface area contributed by atoms with Crippen LogP contribution in [0.15, 0.2) is 42.0 Å². The van der Waals surface area contributed by atoms with Gasteiger partial charge in [0.25, 0.3) is 5.91 Å². The molecule has 0 aliphatic heterocycles. The number of benzene rings is 2. The molecule has 2 aromatic rings. The summed E-state index contributed by atoms with van der Waals surface area (Å²) < 4.78 is 10.2. The molecule has 0 saturated carbocycles. The predicted octanol–water partition coefficient (Wildman–Crippen LogP) is 4.23. The Hall–Kier alpha value is -2.68. The van der Waals surface area contributed by atoms with Gasteiger partial charge in [0.05, 0.1) is 24.3 Å². The number of nitrogens with one attached hydrogen (secondary N) is 1. The summed E-state index contributed by atoms with van der Waals surface area (Å²) in [6.45, 7) is 0.284. The minimum absolute atomic E-state index is 0.0594. The van der Waals surface area contributed by atoms with Crippen molar-refractivity contribution in [1.82, 2.24) is 5.32 Å². The van der Waals surface area contributed by atoms with Crippen LogP contribution in [0.5, 0.6) is 11.5 Å². The molecule has 0 fully saturated rings. The lowest BCUT2D eigenvalue weighted by atomic mass is 10.1. The lowest BCUT2D eigenvalue weighted by Gasteiger charge is -2.08. The Kier molecular flexibility index (Phi) is 6.90. The van der Waals surface area contributed by atoms with Crippen molar-refractivity contribution in [1.29, 1.82) is 5.26 Å². The normalized spacial score (nSPS) is 10.8. The molecule has 2 rings (SSSR count). The van der Waals surface area contributed by atoms with Gasteiger partial charge in [-0.15, -0.1) is 0 Å². The molecule has 0 aliphatic rings. The minimum Gasteiger partial charge on any atom is -0.497 e. The maximum absolute atomic E-state index is 12.3. The second-order valence-electron chi connectivity index (χ2n) is 5.22. The van der Waals surface area contributed by atoms with Gasteiger partial charge in [0.1, 0.15) is 17.4 Å². The fourth-order valence-corrected chi connectivity index (χ4v) is 2.85. The second kappa shape index (κ2) is 9.14. The number of rotatable bonds is 6. The molecule has 1 amide bonds. The van der Waals surface area contributed by atoms with E-state index in [1.54, 1.807) is 31.4 Å². The summed E-state index contributed by atoms with van der Waals surface area (Å²) in [6.07, 6.45) is 1.42. The van der Waals surface area contributed by atoms with Crippen molar-refractivity contribution in [3.8, 4) is 17.6 Å². The molecule has 0 atom stereocenters. The number of amides is 1. The molecular formula is C19H16Cl2N2O3. The van der Waals surface area contributed by atoms with Crippen LogP contribution in [0.3, 0.4) is 0 Å². The third kappa shape index (κ3) is 4.92. The van der Waals surface area contributed by atoms with Crippen LogP contribution in [0.4, 0.5) is 0 Å². The first-order chi connectivity index (χ1) is 12.5. The molecule has 0 aromatic heterocycles. The summed E-state index contributed by atoms with van der Waals surface area (Å²) in [5.41, 5.74) is 1.35. The summed E-state index contributed by atoms with van der Waals surface area (Å²) in [7, 11) is 3.04. The van der Waals surface area contributed by atoms with Crippen molar-refractivity contribution in [3.63, 3.8) is 0 Å². The molecule has 5 nitrogen and oxygen atoms in total. The molecule has 26 heavy (non-hydrogen) atoms. The lowest BCUT2D eigenvalue weighted by Crippen LogP contribution is -2.23. The zero-order chi connectivity index (χ0) is 19.1. The smallest absolute Gasteiger partial charge is 0.262 e. The van der Waals surface area contributed by atoms with Crippen LogP contribution in [-0.2, 0) is 11.3 Å². The van der Waals surface area contributed by atoms with Gasteiger partial charge in [-0.2, -0.15) is 5.26 Å². The van der Waals surface area contributed by atoms with Crippen LogP contribution in [0.2, 0.25) is 10.0 Å². The average Bonchev–Trinajstić information content (AvgIpc) is 2.64. The van der Waals surface area contributed by atoms with Gasteiger partial charge in [-0.25, -0.2) is 0 Å². The Morgan fingerprint density at radius 1 is 1.15 bits per heavy atom. The summed E-state index contributed by atoms with van der Waals surface area (Å²) in [4.78, 5) is 12.3. The highest BCUT2D eigenvalue weighted by Crippen LogP contribution is 2.34. The molecule has 0 saturated heterocycles. The first-order valence-corrected chi connectivity index (χ1v) is 8.30. The number of carbonyl (C=O) groups excluding carboxylic acids is 1. The van der Waals surface area contributed by atoms with Gasteiger partial charge in [-0.05, 0) is 41.5 Å². The summed E-state index contributed by atoms with van der Waals surface area (Å²) in [6, 6.07) is 12.3. The Labute approximate surface area is 161 Å². The highest BCUT2D eigenvalue weighted by molar-refractivity contribution is 6.37. The third-order valence-electron chi connectivity index (χ3n) is 3.51. The van der Waals surface area contributed by atoms with Crippen molar-refractivity contribution in [2.75, 3.05) is 14.2 Å². The Bertz CT molecular complexity index is 848. The van der Waals surface area contributed by atoms with Gasteiger partial charge in [-0.3, -0.25) is 4.79 Å². The van der Waals surface area contributed by atoms with Crippen LogP contribution in [0.25, 0.3) is 6.08 Å². The molecule has 0 unspecified atom stereocenters. The van der Waals surface area contributed by atoms with Gasteiger partial charge in [0.2, 0.25) is 0 Å². The third-order valence-corrected chi connectivity index (χ3v) is 4.07. The topological polar surface area (TPSA) is 71.3 Å². The van der Waals surface area contributed by atoms with Gasteiger partial charge in [0, 0.05) is 6.54 Å². The van der Waals surface area contributed by atoms with Crippen molar-refractivity contribution in [2.45, 2.75) is 6.54 Å². The molecule has 7 heteroatoms. The van der Waals surface area contributed by atoms with E-state index in [2.05, 4.69) is 5.32 Å². The first kappa shape index (κ1) is 19.6. The van der Waals surface area contributed by atoms with Gasteiger partial charge in [-0.1, -0.05) is 35.3 Å². The Morgan fingerprint density at radius 3 is 2.27 bits per heavy atom. The molecule has 0 radical (unpaired) electrons. The van der Waals surface area contributed by atoms with Gasteiger partial charge < -0.3 is 14.8 Å². The SMILES string of the molecule is COc1ccc(CNC(=O)/C(C#N)=C\c2cc(Cl)c(OC)c(Cl)c2)cc1. The number of halogens is 2. The number of methoxy groups -OCH3 is 2. The standard InChI is InChI=1S/C19H16Cl2N2O3/c1-25-15-5-3-12(4-6-15)11-23-19(24)14(10-22)7-13-8-16(20)18(26-2)17(21)9-13/h3-9H,11H2,1-2H3,(H,23,24)/b14-7-. The van der Waals surface area contributed by atoms with E-state index in [9.17, 15) is 10.1 Å². The van der Waals surface area contributed by atoms with Crippen molar-refractivity contribution in [3.05, 3.63) is 63.1 Å². The summed E-state index contributed by atoms with van der Waals surface area (Å²) in [5.74, 6) is 0.574.